The Labute approximate surface area is 148 Å². The van der Waals surface area contributed by atoms with Gasteiger partial charge >= 0.3 is 6.36 Å². The summed E-state index contributed by atoms with van der Waals surface area (Å²) in [5.74, 6) is -1.06. The van der Waals surface area contributed by atoms with Crippen LogP contribution in [0.5, 0.6) is 5.75 Å². The van der Waals surface area contributed by atoms with Gasteiger partial charge in [0.1, 0.15) is 17.4 Å². The molecule has 0 unspecified atom stereocenters. The second-order valence-electron chi connectivity index (χ2n) is 6.89. The third kappa shape index (κ3) is 4.34. The van der Waals surface area contributed by atoms with Crippen molar-refractivity contribution in [1.82, 2.24) is 0 Å². The van der Waals surface area contributed by atoms with Crippen LogP contribution >= 0.6 is 0 Å². The molecule has 0 amide bonds. The van der Waals surface area contributed by atoms with E-state index in [-0.39, 0.29) is 17.0 Å². The zero-order valence-electron chi connectivity index (χ0n) is 14.2. The van der Waals surface area contributed by atoms with Crippen molar-refractivity contribution < 1.29 is 26.7 Å². The zero-order valence-corrected chi connectivity index (χ0v) is 14.2. The van der Waals surface area contributed by atoms with Gasteiger partial charge in [-0.2, -0.15) is 0 Å². The lowest BCUT2D eigenvalue weighted by atomic mass is 9.79. The first-order chi connectivity index (χ1) is 12.2. The van der Waals surface area contributed by atoms with Gasteiger partial charge in [0.05, 0.1) is 5.56 Å². The Morgan fingerprint density at radius 3 is 1.92 bits per heavy atom. The van der Waals surface area contributed by atoms with Crippen molar-refractivity contribution >= 4 is 0 Å². The number of benzene rings is 2. The van der Waals surface area contributed by atoms with E-state index >= 15 is 0 Å². The SMILES string of the molecule is CC1CCC(c2cc(F)c(-c3ccc(OC(F)(F)F)cc3)c(F)c2)CC1. The first-order valence-corrected chi connectivity index (χ1v) is 8.58. The normalized spacial score (nSPS) is 20.8. The van der Waals surface area contributed by atoms with Gasteiger partial charge in [0.15, 0.2) is 0 Å². The molecule has 0 atom stereocenters. The summed E-state index contributed by atoms with van der Waals surface area (Å²) in [6, 6.07) is 7.20. The molecule has 1 fully saturated rings. The second kappa shape index (κ2) is 7.25. The lowest BCUT2D eigenvalue weighted by molar-refractivity contribution is -0.274. The molecule has 26 heavy (non-hydrogen) atoms. The molecule has 140 valence electrons. The number of alkyl halides is 3. The van der Waals surface area contributed by atoms with E-state index in [1.54, 1.807) is 0 Å². The number of hydrogen-bond acceptors (Lipinski definition) is 1. The van der Waals surface area contributed by atoms with Crippen molar-refractivity contribution in [3.8, 4) is 16.9 Å². The molecule has 1 aliphatic rings. The molecule has 0 radical (unpaired) electrons. The monoisotopic (exact) mass is 370 g/mol. The Morgan fingerprint density at radius 2 is 1.42 bits per heavy atom. The Hall–Kier alpha value is -2.11. The highest BCUT2D eigenvalue weighted by Crippen LogP contribution is 2.38. The highest BCUT2D eigenvalue weighted by molar-refractivity contribution is 5.66. The summed E-state index contributed by atoms with van der Waals surface area (Å²) >= 11 is 0. The summed E-state index contributed by atoms with van der Waals surface area (Å²) in [5.41, 5.74) is 0.572. The fourth-order valence-corrected chi connectivity index (χ4v) is 3.52. The Kier molecular flexibility index (Phi) is 5.21. The number of rotatable bonds is 3. The molecule has 2 aromatic carbocycles. The molecule has 2 aromatic rings. The summed E-state index contributed by atoms with van der Waals surface area (Å²) in [6.45, 7) is 2.17. The van der Waals surface area contributed by atoms with Gasteiger partial charge in [0.25, 0.3) is 0 Å². The van der Waals surface area contributed by atoms with E-state index < -0.39 is 23.7 Å². The van der Waals surface area contributed by atoms with Crippen LogP contribution in [0.15, 0.2) is 36.4 Å². The summed E-state index contributed by atoms with van der Waals surface area (Å²) in [5, 5.41) is 0. The maximum atomic E-state index is 14.5. The van der Waals surface area contributed by atoms with Crippen LogP contribution in [0.1, 0.15) is 44.1 Å². The van der Waals surface area contributed by atoms with Crippen LogP contribution < -0.4 is 4.74 Å². The molecule has 0 saturated heterocycles. The average Bonchev–Trinajstić information content (AvgIpc) is 2.55. The molecule has 1 aliphatic carbocycles. The third-order valence-corrected chi connectivity index (χ3v) is 4.93. The maximum Gasteiger partial charge on any atom is 0.573 e. The molecule has 1 saturated carbocycles. The van der Waals surface area contributed by atoms with E-state index in [1.807, 2.05) is 0 Å². The molecule has 3 rings (SSSR count). The maximum absolute atomic E-state index is 14.5. The van der Waals surface area contributed by atoms with E-state index in [4.69, 9.17) is 0 Å². The Balaban J connectivity index is 1.84. The molecule has 0 heterocycles. The van der Waals surface area contributed by atoms with E-state index in [9.17, 15) is 22.0 Å². The van der Waals surface area contributed by atoms with Gasteiger partial charge in [-0.25, -0.2) is 8.78 Å². The third-order valence-electron chi connectivity index (χ3n) is 4.93. The van der Waals surface area contributed by atoms with Crippen LogP contribution in [0.4, 0.5) is 22.0 Å². The minimum absolute atomic E-state index is 0.145. The molecule has 0 aromatic heterocycles. The van der Waals surface area contributed by atoms with Gasteiger partial charge in [-0.3, -0.25) is 0 Å². The summed E-state index contributed by atoms with van der Waals surface area (Å²) in [7, 11) is 0. The van der Waals surface area contributed by atoms with Crippen LogP contribution in [-0.4, -0.2) is 6.36 Å². The molecule has 0 aliphatic heterocycles. The van der Waals surface area contributed by atoms with Crippen molar-refractivity contribution in [3.63, 3.8) is 0 Å². The van der Waals surface area contributed by atoms with Crippen LogP contribution in [0, 0.1) is 17.6 Å². The Morgan fingerprint density at radius 1 is 0.885 bits per heavy atom. The van der Waals surface area contributed by atoms with Crippen molar-refractivity contribution in [2.24, 2.45) is 5.92 Å². The first kappa shape index (κ1) is 18.7. The van der Waals surface area contributed by atoms with Crippen LogP contribution in [0.3, 0.4) is 0 Å². The van der Waals surface area contributed by atoms with Crippen molar-refractivity contribution in [2.75, 3.05) is 0 Å². The molecular formula is C20H19F5O. The molecule has 0 spiro atoms. The fourth-order valence-electron chi connectivity index (χ4n) is 3.52. The second-order valence-corrected chi connectivity index (χ2v) is 6.89. The van der Waals surface area contributed by atoms with E-state index in [2.05, 4.69) is 11.7 Å². The standard InChI is InChI=1S/C20H19F5O/c1-12-2-4-13(5-3-12)15-10-17(21)19(18(22)11-15)14-6-8-16(9-7-14)26-20(23,24)25/h6-13H,2-5H2,1H3. The first-order valence-electron chi connectivity index (χ1n) is 8.58. The van der Waals surface area contributed by atoms with Gasteiger partial charge in [-0.05, 0) is 60.1 Å². The largest absolute Gasteiger partial charge is 0.573 e. The van der Waals surface area contributed by atoms with E-state index in [1.165, 1.54) is 24.3 Å². The average molecular weight is 370 g/mol. The van der Waals surface area contributed by atoms with Crippen LogP contribution in [-0.2, 0) is 0 Å². The van der Waals surface area contributed by atoms with Gasteiger partial charge in [-0.1, -0.05) is 31.9 Å². The molecule has 1 nitrogen and oxygen atoms in total. The smallest absolute Gasteiger partial charge is 0.406 e. The predicted octanol–water partition coefficient (Wildman–Crippen LogP) is 6.82. The van der Waals surface area contributed by atoms with Gasteiger partial charge in [-0.15, -0.1) is 13.2 Å². The molecule has 0 bridgehead atoms. The lowest BCUT2D eigenvalue weighted by Gasteiger charge is -2.26. The highest BCUT2D eigenvalue weighted by atomic mass is 19.4. The van der Waals surface area contributed by atoms with Crippen LogP contribution in [0.2, 0.25) is 0 Å². The quantitative estimate of drug-likeness (QED) is 0.539. The number of hydrogen-bond donors (Lipinski definition) is 0. The van der Waals surface area contributed by atoms with Crippen LogP contribution in [0.25, 0.3) is 11.1 Å². The van der Waals surface area contributed by atoms with E-state index in [0.717, 1.165) is 37.8 Å². The predicted molar refractivity (Wildman–Crippen MR) is 88.9 cm³/mol. The van der Waals surface area contributed by atoms with Gasteiger partial charge in [0.2, 0.25) is 0 Å². The van der Waals surface area contributed by atoms with Crippen molar-refractivity contribution in [2.45, 2.75) is 44.9 Å². The van der Waals surface area contributed by atoms with Gasteiger partial charge < -0.3 is 4.74 Å². The molecule has 0 N–H and O–H groups in total. The molecule has 6 heteroatoms. The molecular weight excluding hydrogens is 351 g/mol. The Bertz CT molecular complexity index is 736. The number of halogens is 5. The lowest BCUT2D eigenvalue weighted by Crippen LogP contribution is -2.16. The summed E-state index contributed by atoms with van der Waals surface area (Å²) in [6.07, 6.45) is -0.921. The van der Waals surface area contributed by atoms with Gasteiger partial charge in [0, 0.05) is 0 Å². The fraction of sp³-hybridized carbons (Fsp3) is 0.400. The van der Waals surface area contributed by atoms with E-state index in [0.29, 0.717) is 11.5 Å². The topological polar surface area (TPSA) is 9.23 Å². The van der Waals surface area contributed by atoms with Crippen molar-refractivity contribution in [3.05, 3.63) is 53.6 Å². The van der Waals surface area contributed by atoms with Crippen molar-refractivity contribution in [1.29, 1.82) is 0 Å². The zero-order chi connectivity index (χ0) is 18.9. The number of ether oxygens (including phenoxy) is 1. The highest BCUT2D eigenvalue weighted by Gasteiger charge is 2.31. The minimum atomic E-state index is -4.81. The summed E-state index contributed by atoms with van der Waals surface area (Å²) in [4.78, 5) is 0. The summed E-state index contributed by atoms with van der Waals surface area (Å²) < 4.78 is 69.5. The minimum Gasteiger partial charge on any atom is -0.406 e.